The second-order valence-corrected chi connectivity index (χ2v) is 6.35. The summed E-state index contributed by atoms with van der Waals surface area (Å²) in [6.07, 6.45) is 4.54. The zero-order valence-corrected chi connectivity index (χ0v) is 14.7. The van der Waals surface area contributed by atoms with Crippen molar-refractivity contribution in [3.05, 3.63) is 34.9 Å². The molecule has 0 aliphatic heterocycles. The third-order valence-corrected chi connectivity index (χ3v) is 4.62. The molecule has 0 spiro atoms. The predicted octanol–water partition coefficient (Wildman–Crippen LogP) is 5.02. The number of hydrogen-bond acceptors (Lipinski definition) is 2. The van der Waals surface area contributed by atoms with Gasteiger partial charge in [-0.2, -0.15) is 0 Å². The molecule has 0 saturated carbocycles. The molecule has 0 aliphatic rings. The molecule has 0 aliphatic carbocycles. The van der Waals surface area contributed by atoms with E-state index < -0.39 is 0 Å². The van der Waals surface area contributed by atoms with Gasteiger partial charge in [0, 0.05) is 17.1 Å². The maximum Gasteiger partial charge on any atom is 0.0501 e. The van der Waals surface area contributed by atoms with Crippen LogP contribution in [0.3, 0.4) is 0 Å². The van der Waals surface area contributed by atoms with Gasteiger partial charge in [0.2, 0.25) is 0 Å². The van der Waals surface area contributed by atoms with Crippen molar-refractivity contribution >= 4 is 11.6 Å². The smallest absolute Gasteiger partial charge is 0.0501 e. The van der Waals surface area contributed by atoms with Crippen molar-refractivity contribution in [3.8, 4) is 0 Å². The van der Waals surface area contributed by atoms with Gasteiger partial charge in [-0.25, -0.2) is 0 Å². The van der Waals surface area contributed by atoms with Crippen molar-refractivity contribution in [2.24, 2.45) is 5.73 Å². The van der Waals surface area contributed by atoms with E-state index in [1.165, 1.54) is 18.4 Å². The Bertz CT molecular complexity index is 391. The third-order valence-electron chi connectivity index (χ3n) is 4.37. The van der Waals surface area contributed by atoms with Crippen LogP contribution in [-0.2, 0) is 0 Å². The van der Waals surface area contributed by atoms with Crippen molar-refractivity contribution in [1.29, 1.82) is 0 Å². The molecule has 0 fully saturated rings. The van der Waals surface area contributed by atoms with E-state index in [0.717, 1.165) is 24.4 Å². The van der Waals surface area contributed by atoms with Crippen LogP contribution in [0, 0.1) is 0 Å². The van der Waals surface area contributed by atoms with Crippen LogP contribution in [0.1, 0.15) is 65.0 Å². The Hall–Kier alpha value is -0.570. The summed E-state index contributed by atoms with van der Waals surface area (Å²) in [7, 11) is 0. The number of benzene rings is 1. The molecule has 0 amide bonds. The molecule has 3 heteroatoms. The first-order valence-corrected chi connectivity index (χ1v) is 8.69. The highest BCUT2D eigenvalue weighted by atomic mass is 35.5. The van der Waals surface area contributed by atoms with Gasteiger partial charge in [0.15, 0.2) is 0 Å². The number of rotatable bonds is 9. The van der Waals surface area contributed by atoms with E-state index in [1.54, 1.807) is 0 Å². The molecular formula is C18H31ClN2. The monoisotopic (exact) mass is 310 g/mol. The van der Waals surface area contributed by atoms with E-state index in [2.05, 4.69) is 44.7 Å². The van der Waals surface area contributed by atoms with Gasteiger partial charge in [-0.05, 0) is 50.4 Å². The van der Waals surface area contributed by atoms with E-state index >= 15 is 0 Å². The van der Waals surface area contributed by atoms with Crippen LogP contribution in [0.2, 0.25) is 5.02 Å². The van der Waals surface area contributed by atoms with Crippen molar-refractivity contribution in [1.82, 2.24) is 4.90 Å². The molecule has 3 unspecified atom stereocenters. The van der Waals surface area contributed by atoms with Crippen molar-refractivity contribution in [3.63, 3.8) is 0 Å². The van der Waals surface area contributed by atoms with E-state index in [-0.39, 0.29) is 12.1 Å². The van der Waals surface area contributed by atoms with Gasteiger partial charge in [-0.15, -0.1) is 0 Å². The average molecular weight is 311 g/mol. The minimum absolute atomic E-state index is 0.150. The lowest BCUT2D eigenvalue weighted by Gasteiger charge is -2.39. The van der Waals surface area contributed by atoms with E-state index in [4.69, 9.17) is 17.3 Å². The first kappa shape index (κ1) is 18.5. The van der Waals surface area contributed by atoms with Crippen molar-refractivity contribution in [2.45, 2.75) is 71.5 Å². The molecule has 3 atom stereocenters. The summed E-state index contributed by atoms with van der Waals surface area (Å²) in [5.41, 5.74) is 7.76. The Morgan fingerprint density at radius 3 is 2.19 bits per heavy atom. The third kappa shape index (κ3) is 5.28. The molecule has 120 valence electrons. The maximum atomic E-state index is 6.48. The highest BCUT2D eigenvalue weighted by molar-refractivity contribution is 6.30. The molecule has 0 radical (unpaired) electrons. The van der Waals surface area contributed by atoms with Crippen LogP contribution < -0.4 is 5.73 Å². The summed E-state index contributed by atoms with van der Waals surface area (Å²) in [6.45, 7) is 10.1. The molecule has 2 nitrogen and oxygen atoms in total. The Morgan fingerprint density at radius 1 is 1.10 bits per heavy atom. The molecule has 2 N–H and O–H groups in total. The molecule has 21 heavy (non-hydrogen) atoms. The lowest BCUT2D eigenvalue weighted by molar-refractivity contribution is 0.116. The first-order chi connectivity index (χ1) is 10.0. The molecular weight excluding hydrogens is 280 g/mol. The summed E-state index contributed by atoms with van der Waals surface area (Å²) < 4.78 is 0. The number of unbranched alkanes of at least 4 members (excludes halogenated alkanes) is 1. The standard InChI is InChI=1S/C18H31ClN2/c1-5-8-13-21(14(4)6-2)18(17(20)7-3)15-9-11-16(19)12-10-15/h9-12,14,17-18H,5-8,13,20H2,1-4H3. The second-order valence-electron chi connectivity index (χ2n) is 5.92. The Balaban J connectivity index is 3.09. The van der Waals surface area contributed by atoms with Gasteiger partial charge < -0.3 is 5.73 Å². The fraction of sp³-hybridized carbons (Fsp3) is 0.667. The van der Waals surface area contributed by atoms with Crippen LogP contribution in [0.4, 0.5) is 0 Å². The summed E-state index contributed by atoms with van der Waals surface area (Å²) in [5.74, 6) is 0. The molecule has 0 heterocycles. The molecule has 0 saturated heterocycles. The minimum atomic E-state index is 0.150. The number of halogens is 1. The van der Waals surface area contributed by atoms with Crippen LogP contribution >= 0.6 is 11.6 Å². The number of nitrogens with two attached hydrogens (primary N) is 1. The zero-order chi connectivity index (χ0) is 15.8. The van der Waals surface area contributed by atoms with E-state index in [9.17, 15) is 0 Å². The van der Waals surface area contributed by atoms with Gasteiger partial charge in [-0.1, -0.05) is 50.9 Å². The van der Waals surface area contributed by atoms with Gasteiger partial charge in [0.05, 0.1) is 6.04 Å². The minimum Gasteiger partial charge on any atom is -0.326 e. The van der Waals surface area contributed by atoms with Gasteiger partial charge in [0.25, 0.3) is 0 Å². The summed E-state index contributed by atoms with van der Waals surface area (Å²) >= 11 is 6.04. The highest BCUT2D eigenvalue weighted by Gasteiger charge is 2.28. The summed E-state index contributed by atoms with van der Waals surface area (Å²) in [4.78, 5) is 2.58. The molecule has 1 aromatic rings. The van der Waals surface area contributed by atoms with Crippen LogP contribution in [0.25, 0.3) is 0 Å². The number of hydrogen-bond donors (Lipinski definition) is 1. The number of nitrogens with zero attached hydrogens (tertiary/aromatic N) is 1. The van der Waals surface area contributed by atoms with Crippen molar-refractivity contribution in [2.75, 3.05) is 6.54 Å². The topological polar surface area (TPSA) is 29.3 Å². The molecule has 0 bridgehead atoms. The fourth-order valence-electron chi connectivity index (χ4n) is 2.78. The van der Waals surface area contributed by atoms with Crippen LogP contribution in [0.5, 0.6) is 0 Å². The van der Waals surface area contributed by atoms with Crippen LogP contribution in [-0.4, -0.2) is 23.5 Å². The van der Waals surface area contributed by atoms with E-state index in [0.29, 0.717) is 6.04 Å². The predicted molar refractivity (Wildman–Crippen MR) is 93.8 cm³/mol. The second kappa shape index (κ2) is 9.45. The highest BCUT2D eigenvalue weighted by Crippen LogP contribution is 2.29. The molecule has 1 aromatic carbocycles. The summed E-state index contributed by atoms with van der Waals surface area (Å²) in [5, 5.41) is 0.784. The quantitative estimate of drug-likeness (QED) is 0.694. The lowest BCUT2D eigenvalue weighted by atomic mass is 9.94. The average Bonchev–Trinajstić information content (AvgIpc) is 2.51. The Labute approximate surface area is 135 Å². The Kier molecular flexibility index (Phi) is 8.31. The van der Waals surface area contributed by atoms with E-state index in [1.807, 2.05) is 12.1 Å². The first-order valence-electron chi connectivity index (χ1n) is 8.31. The van der Waals surface area contributed by atoms with Gasteiger partial charge in [-0.3, -0.25) is 4.90 Å². The fourth-order valence-corrected chi connectivity index (χ4v) is 2.90. The van der Waals surface area contributed by atoms with Gasteiger partial charge >= 0.3 is 0 Å². The lowest BCUT2D eigenvalue weighted by Crippen LogP contribution is -2.45. The molecule has 0 aromatic heterocycles. The summed E-state index contributed by atoms with van der Waals surface area (Å²) in [6, 6.07) is 9.16. The Morgan fingerprint density at radius 2 is 1.71 bits per heavy atom. The maximum absolute atomic E-state index is 6.48. The molecule has 1 rings (SSSR count). The zero-order valence-electron chi connectivity index (χ0n) is 14.0. The van der Waals surface area contributed by atoms with Crippen LogP contribution in [0.15, 0.2) is 24.3 Å². The SMILES string of the molecule is CCCCN(C(C)CC)C(c1ccc(Cl)cc1)C(N)CC. The van der Waals surface area contributed by atoms with Crippen molar-refractivity contribution < 1.29 is 0 Å². The van der Waals surface area contributed by atoms with Gasteiger partial charge in [0.1, 0.15) is 0 Å². The normalized spacial score (nSPS) is 16.0. The largest absolute Gasteiger partial charge is 0.326 e.